The van der Waals surface area contributed by atoms with Crippen LogP contribution in [0.1, 0.15) is 20.8 Å². The van der Waals surface area contributed by atoms with Crippen molar-refractivity contribution in [2.75, 3.05) is 19.4 Å². The van der Waals surface area contributed by atoms with Crippen molar-refractivity contribution < 1.29 is 19.4 Å². The van der Waals surface area contributed by atoms with E-state index in [1.165, 1.54) is 35.4 Å². The fraction of sp³-hybridized carbons (Fsp3) is 0.0909. The third-order valence-electron chi connectivity index (χ3n) is 4.37. The Hall–Kier alpha value is -4.60. The second-order valence-electron chi connectivity index (χ2n) is 6.97. The lowest BCUT2D eigenvalue weighted by Gasteiger charge is -2.11. The highest BCUT2D eigenvalue weighted by Gasteiger charge is 2.12. The summed E-state index contributed by atoms with van der Waals surface area (Å²) in [6.45, 7) is 0. The SMILES string of the molecule is CN(C)C(=O)c1cc(Oc2ccc3nnc(NC(=O)c4ccc(O)cc4)nc3c2)ccn1. The van der Waals surface area contributed by atoms with Crippen molar-refractivity contribution in [1.29, 1.82) is 0 Å². The number of ether oxygens (including phenoxy) is 1. The monoisotopic (exact) mass is 430 g/mol. The normalized spacial score (nSPS) is 10.6. The van der Waals surface area contributed by atoms with E-state index in [0.29, 0.717) is 28.1 Å². The van der Waals surface area contributed by atoms with Gasteiger partial charge in [0.1, 0.15) is 28.5 Å². The lowest BCUT2D eigenvalue weighted by Crippen LogP contribution is -2.22. The molecule has 0 unspecified atom stereocenters. The molecule has 0 bridgehead atoms. The lowest BCUT2D eigenvalue weighted by atomic mass is 10.2. The molecule has 2 heterocycles. The Balaban J connectivity index is 1.55. The molecule has 10 heteroatoms. The Labute approximate surface area is 182 Å². The zero-order valence-corrected chi connectivity index (χ0v) is 17.2. The standard InChI is InChI=1S/C22H18N6O4/c1-28(2)21(31)19-12-16(9-10-23-19)32-15-7-8-17-18(11-15)24-22(27-26-17)25-20(30)13-3-5-14(29)6-4-13/h3-12,29H,1-2H3,(H,24,25,27,30). The van der Waals surface area contributed by atoms with Gasteiger partial charge in [-0.25, -0.2) is 4.98 Å². The van der Waals surface area contributed by atoms with Crippen molar-refractivity contribution in [2.24, 2.45) is 0 Å². The van der Waals surface area contributed by atoms with E-state index in [4.69, 9.17) is 4.74 Å². The molecule has 10 nitrogen and oxygen atoms in total. The first-order chi connectivity index (χ1) is 15.4. The number of nitrogens with zero attached hydrogens (tertiary/aromatic N) is 5. The minimum Gasteiger partial charge on any atom is -0.508 e. The van der Waals surface area contributed by atoms with Gasteiger partial charge in [0.25, 0.3) is 11.8 Å². The molecule has 2 N–H and O–H groups in total. The van der Waals surface area contributed by atoms with Gasteiger partial charge < -0.3 is 14.7 Å². The lowest BCUT2D eigenvalue weighted by molar-refractivity contribution is 0.0821. The first-order valence-corrected chi connectivity index (χ1v) is 9.49. The predicted molar refractivity (Wildman–Crippen MR) is 116 cm³/mol. The third kappa shape index (κ3) is 4.59. The van der Waals surface area contributed by atoms with Crippen LogP contribution in [0.3, 0.4) is 0 Å². The summed E-state index contributed by atoms with van der Waals surface area (Å²) in [5.74, 6) is 0.310. The van der Waals surface area contributed by atoms with Gasteiger partial charge in [-0.15, -0.1) is 10.2 Å². The van der Waals surface area contributed by atoms with Crippen LogP contribution >= 0.6 is 0 Å². The molecule has 0 spiro atoms. The minimum absolute atomic E-state index is 0.0236. The second kappa shape index (κ2) is 8.64. The Kier molecular flexibility index (Phi) is 5.58. The number of pyridine rings is 1. The third-order valence-corrected chi connectivity index (χ3v) is 4.37. The molecule has 4 aromatic rings. The Bertz CT molecular complexity index is 1310. The Morgan fingerprint density at radius 2 is 1.69 bits per heavy atom. The molecular weight excluding hydrogens is 412 g/mol. The van der Waals surface area contributed by atoms with E-state index in [1.54, 1.807) is 44.4 Å². The van der Waals surface area contributed by atoms with Gasteiger partial charge in [0, 0.05) is 38.0 Å². The summed E-state index contributed by atoms with van der Waals surface area (Å²) in [5, 5.41) is 19.9. The summed E-state index contributed by atoms with van der Waals surface area (Å²) < 4.78 is 5.85. The maximum Gasteiger partial charge on any atom is 0.272 e. The molecule has 160 valence electrons. The Morgan fingerprint density at radius 3 is 2.44 bits per heavy atom. The number of fused-ring (bicyclic) bond motifs is 1. The van der Waals surface area contributed by atoms with E-state index in [2.05, 4.69) is 25.5 Å². The van der Waals surface area contributed by atoms with Crippen molar-refractivity contribution in [3.05, 3.63) is 72.1 Å². The summed E-state index contributed by atoms with van der Waals surface area (Å²) >= 11 is 0. The van der Waals surface area contributed by atoms with Gasteiger partial charge in [0.05, 0.1) is 5.52 Å². The van der Waals surface area contributed by atoms with Gasteiger partial charge >= 0.3 is 0 Å². The fourth-order valence-electron chi connectivity index (χ4n) is 2.77. The molecular formula is C22H18N6O4. The number of aromatic hydroxyl groups is 1. The predicted octanol–water partition coefficient (Wildman–Crippen LogP) is 2.87. The van der Waals surface area contributed by atoms with Crippen LogP contribution in [0.4, 0.5) is 5.95 Å². The fourth-order valence-corrected chi connectivity index (χ4v) is 2.77. The molecule has 2 amide bonds. The number of benzene rings is 2. The van der Waals surface area contributed by atoms with Gasteiger partial charge in [0.15, 0.2) is 0 Å². The van der Waals surface area contributed by atoms with E-state index < -0.39 is 5.91 Å². The van der Waals surface area contributed by atoms with Crippen molar-refractivity contribution in [3.8, 4) is 17.2 Å². The molecule has 4 rings (SSSR count). The van der Waals surface area contributed by atoms with Gasteiger partial charge in [-0.1, -0.05) is 0 Å². The average Bonchev–Trinajstić information content (AvgIpc) is 2.79. The molecule has 32 heavy (non-hydrogen) atoms. The topological polar surface area (TPSA) is 130 Å². The molecule has 0 aliphatic rings. The molecule has 0 saturated carbocycles. The second-order valence-corrected chi connectivity index (χ2v) is 6.97. The van der Waals surface area contributed by atoms with Crippen LogP contribution in [0, 0.1) is 0 Å². The number of hydrogen-bond acceptors (Lipinski definition) is 8. The summed E-state index contributed by atoms with van der Waals surface area (Å²) in [7, 11) is 3.29. The van der Waals surface area contributed by atoms with Crippen LogP contribution in [-0.4, -0.2) is 56.1 Å². The summed E-state index contributed by atoms with van der Waals surface area (Å²) in [6, 6.07) is 14.0. The highest BCUT2D eigenvalue weighted by atomic mass is 16.5. The Morgan fingerprint density at radius 1 is 0.938 bits per heavy atom. The van der Waals surface area contributed by atoms with E-state index in [-0.39, 0.29) is 23.3 Å². The van der Waals surface area contributed by atoms with Crippen LogP contribution in [0.5, 0.6) is 17.2 Å². The number of rotatable bonds is 5. The maximum atomic E-state index is 12.3. The number of anilines is 1. The summed E-state index contributed by atoms with van der Waals surface area (Å²) in [4.78, 5) is 34.3. The van der Waals surface area contributed by atoms with E-state index >= 15 is 0 Å². The van der Waals surface area contributed by atoms with Gasteiger partial charge in [-0.3, -0.25) is 19.9 Å². The van der Waals surface area contributed by atoms with Crippen LogP contribution in [0.25, 0.3) is 11.0 Å². The van der Waals surface area contributed by atoms with Crippen LogP contribution < -0.4 is 10.1 Å². The van der Waals surface area contributed by atoms with E-state index in [9.17, 15) is 14.7 Å². The van der Waals surface area contributed by atoms with Crippen LogP contribution in [-0.2, 0) is 0 Å². The van der Waals surface area contributed by atoms with Crippen molar-refractivity contribution in [1.82, 2.24) is 25.1 Å². The van der Waals surface area contributed by atoms with Gasteiger partial charge in [-0.2, -0.15) is 0 Å². The van der Waals surface area contributed by atoms with Crippen molar-refractivity contribution >= 4 is 28.8 Å². The summed E-state index contributed by atoms with van der Waals surface area (Å²) in [6.07, 6.45) is 1.49. The van der Waals surface area contributed by atoms with Gasteiger partial charge in [-0.05, 0) is 42.5 Å². The minimum atomic E-state index is -0.437. The quantitative estimate of drug-likeness (QED) is 0.494. The van der Waals surface area contributed by atoms with Crippen LogP contribution in [0.2, 0.25) is 0 Å². The number of phenols is 1. The van der Waals surface area contributed by atoms with Crippen molar-refractivity contribution in [2.45, 2.75) is 0 Å². The van der Waals surface area contributed by atoms with E-state index in [1.807, 2.05) is 0 Å². The van der Waals surface area contributed by atoms with Crippen molar-refractivity contribution in [3.63, 3.8) is 0 Å². The van der Waals surface area contributed by atoms with Crippen LogP contribution in [0.15, 0.2) is 60.8 Å². The molecule has 0 atom stereocenters. The zero-order chi connectivity index (χ0) is 22.7. The number of nitrogens with one attached hydrogen (secondary N) is 1. The number of amides is 2. The number of hydrogen-bond donors (Lipinski definition) is 2. The number of carbonyl (C=O) groups excluding carboxylic acids is 2. The largest absolute Gasteiger partial charge is 0.508 e. The van der Waals surface area contributed by atoms with E-state index in [0.717, 1.165) is 0 Å². The average molecular weight is 430 g/mol. The first kappa shape index (κ1) is 20.7. The number of aromatic nitrogens is 4. The molecule has 2 aromatic heterocycles. The highest BCUT2D eigenvalue weighted by molar-refractivity contribution is 6.03. The maximum absolute atomic E-state index is 12.3. The number of phenolic OH excluding ortho intramolecular Hbond substituents is 1. The summed E-state index contributed by atoms with van der Waals surface area (Å²) in [5.41, 5.74) is 1.57. The number of carbonyl (C=O) groups is 2. The smallest absolute Gasteiger partial charge is 0.272 e. The zero-order valence-electron chi connectivity index (χ0n) is 17.2. The highest BCUT2D eigenvalue weighted by Crippen LogP contribution is 2.25. The molecule has 0 radical (unpaired) electrons. The molecule has 2 aromatic carbocycles. The van der Waals surface area contributed by atoms with Gasteiger partial charge in [0.2, 0.25) is 5.95 Å². The molecule has 0 fully saturated rings. The molecule has 0 saturated heterocycles. The first-order valence-electron chi connectivity index (χ1n) is 9.49. The molecule has 0 aliphatic heterocycles. The molecule has 0 aliphatic carbocycles.